The molecule has 176 valence electrons. The number of rotatable bonds is 10. The second-order valence-corrected chi connectivity index (χ2v) is 11.9. The van der Waals surface area contributed by atoms with Gasteiger partial charge in [0.2, 0.25) is 15.9 Å². The monoisotopic (exact) mass is 496 g/mol. The maximum absolute atomic E-state index is 12.9. The molecule has 7 nitrogen and oxygen atoms in total. The van der Waals surface area contributed by atoms with Gasteiger partial charge in [-0.1, -0.05) is 24.6 Å². The smallest absolute Gasteiger partial charge is 0.244 e. The minimum atomic E-state index is -3.81. The Hall–Kier alpha value is -1.46. The number of hydrogen-bond donors (Lipinski definition) is 2. The lowest BCUT2D eigenvalue weighted by Gasteiger charge is -2.29. The van der Waals surface area contributed by atoms with Crippen molar-refractivity contribution in [3.63, 3.8) is 0 Å². The van der Waals surface area contributed by atoms with Gasteiger partial charge in [-0.3, -0.25) is 9.69 Å². The summed E-state index contributed by atoms with van der Waals surface area (Å²) in [5.41, 5.74) is 1.90. The van der Waals surface area contributed by atoms with Crippen molar-refractivity contribution in [3.8, 4) is 0 Å². The highest BCUT2D eigenvalue weighted by atomic mass is 32.2. The zero-order valence-electron chi connectivity index (χ0n) is 18.8. The zero-order chi connectivity index (χ0) is 23.1. The number of aromatic nitrogens is 1. The van der Waals surface area contributed by atoms with Crippen LogP contribution in [0.25, 0.3) is 0 Å². The fraction of sp³-hybridized carbons (Fsp3) is 0.545. The molecule has 1 fully saturated rings. The maximum atomic E-state index is 12.9. The van der Waals surface area contributed by atoms with E-state index in [9.17, 15) is 13.2 Å². The molecule has 0 bridgehead atoms. The van der Waals surface area contributed by atoms with E-state index in [1.165, 1.54) is 24.2 Å². The van der Waals surface area contributed by atoms with Crippen LogP contribution in [0, 0.1) is 12.8 Å². The van der Waals surface area contributed by atoms with E-state index in [4.69, 9.17) is 0 Å². The first kappa shape index (κ1) is 25.2. The second kappa shape index (κ2) is 11.6. The molecule has 1 aromatic carbocycles. The third kappa shape index (κ3) is 7.28. The van der Waals surface area contributed by atoms with Crippen LogP contribution < -0.4 is 10.0 Å². The second-order valence-electron chi connectivity index (χ2n) is 8.36. The van der Waals surface area contributed by atoms with Crippen molar-refractivity contribution in [1.82, 2.24) is 14.6 Å². The van der Waals surface area contributed by atoms with E-state index in [0.29, 0.717) is 17.3 Å². The molecule has 3 rings (SSSR count). The number of aryl methyl sites for hydroxylation is 1. The Kier molecular flexibility index (Phi) is 9.13. The molecule has 2 N–H and O–H groups in total. The van der Waals surface area contributed by atoms with Crippen LogP contribution in [0.2, 0.25) is 0 Å². The van der Waals surface area contributed by atoms with Gasteiger partial charge in [-0.05, 0) is 69.3 Å². The van der Waals surface area contributed by atoms with Gasteiger partial charge in [0.1, 0.15) is 6.04 Å². The molecule has 10 heteroatoms. The number of carbonyl (C=O) groups excluding carboxylic acids is 1. The van der Waals surface area contributed by atoms with Gasteiger partial charge in [0, 0.05) is 11.9 Å². The number of piperidine rings is 1. The number of thiazole rings is 1. The molecule has 1 aromatic heterocycles. The summed E-state index contributed by atoms with van der Waals surface area (Å²) in [7, 11) is -3.81. The summed E-state index contributed by atoms with van der Waals surface area (Å²) in [5, 5.41) is 5.27. The Morgan fingerprint density at radius 1 is 1.28 bits per heavy atom. The molecule has 2 aromatic rings. The third-order valence-electron chi connectivity index (χ3n) is 5.60. The first-order valence-electron chi connectivity index (χ1n) is 10.8. The van der Waals surface area contributed by atoms with Crippen LogP contribution in [-0.2, 0) is 21.4 Å². The molecule has 1 unspecified atom stereocenters. The van der Waals surface area contributed by atoms with Crippen LogP contribution >= 0.6 is 23.1 Å². The van der Waals surface area contributed by atoms with E-state index in [-0.39, 0.29) is 10.8 Å². The summed E-state index contributed by atoms with van der Waals surface area (Å²) >= 11 is 2.94. The Morgan fingerprint density at radius 2 is 1.97 bits per heavy atom. The standard InChI is InChI=1S/C22H32N4O3S3/c1-16-4-6-19(7-5-16)32(28,29)25-20(10-13-30-3)21(27)24-22-23-18(15-31-22)14-26-11-8-17(2)9-12-26/h4-7,15,17,20,25H,8-14H2,1-3H3,(H,23,24,27). The number of sulfonamides is 1. The highest BCUT2D eigenvalue weighted by Gasteiger charge is 2.26. The molecule has 0 radical (unpaired) electrons. The van der Waals surface area contributed by atoms with E-state index in [1.54, 1.807) is 36.0 Å². The molecule has 0 spiro atoms. The molecule has 1 aliphatic heterocycles. The zero-order valence-corrected chi connectivity index (χ0v) is 21.3. The van der Waals surface area contributed by atoms with Gasteiger partial charge in [0.15, 0.2) is 5.13 Å². The molecule has 0 aliphatic carbocycles. The number of anilines is 1. The summed E-state index contributed by atoms with van der Waals surface area (Å²) in [4.78, 5) is 20.0. The molecule has 1 atom stereocenters. The van der Waals surface area contributed by atoms with Gasteiger partial charge in [0.05, 0.1) is 10.6 Å². The Labute approximate surface area is 199 Å². The number of amides is 1. The van der Waals surface area contributed by atoms with Crippen molar-refractivity contribution >= 4 is 44.2 Å². The number of carbonyl (C=O) groups is 1. The van der Waals surface area contributed by atoms with Crippen molar-refractivity contribution in [2.45, 2.75) is 50.6 Å². The molecule has 2 heterocycles. The predicted octanol–water partition coefficient (Wildman–Crippen LogP) is 3.72. The van der Waals surface area contributed by atoms with Crippen molar-refractivity contribution in [2.24, 2.45) is 5.92 Å². The van der Waals surface area contributed by atoms with Crippen molar-refractivity contribution in [1.29, 1.82) is 0 Å². The largest absolute Gasteiger partial charge is 0.301 e. The topological polar surface area (TPSA) is 91.4 Å². The number of nitrogens with zero attached hydrogens (tertiary/aromatic N) is 2. The number of likely N-dealkylation sites (tertiary alicyclic amines) is 1. The van der Waals surface area contributed by atoms with Crippen LogP contribution in [0.5, 0.6) is 0 Å². The third-order valence-corrected chi connectivity index (χ3v) is 8.54. The fourth-order valence-electron chi connectivity index (χ4n) is 3.53. The van der Waals surface area contributed by atoms with Crippen LogP contribution in [0.15, 0.2) is 34.5 Å². The van der Waals surface area contributed by atoms with Crippen LogP contribution in [0.3, 0.4) is 0 Å². The average molecular weight is 497 g/mol. The van der Waals surface area contributed by atoms with Gasteiger partial charge in [-0.15, -0.1) is 11.3 Å². The minimum absolute atomic E-state index is 0.150. The van der Waals surface area contributed by atoms with Crippen molar-refractivity contribution < 1.29 is 13.2 Å². The molecule has 1 amide bonds. The molecular weight excluding hydrogens is 464 g/mol. The van der Waals surface area contributed by atoms with Gasteiger partial charge >= 0.3 is 0 Å². The summed E-state index contributed by atoms with van der Waals surface area (Å²) < 4.78 is 28.2. The SMILES string of the molecule is CSCCC(NS(=O)(=O)c1ccc(C)cc1)C(=O)Nc1nc(CN2CCC(C)CC2)cs1. The summed E-state index contributed by atoms with van der Waals surface area (Å²) in [6.45, 7) is 7.09. The van der Waals surface area contributed by atoms with E-state index in [1.807, 2.05) is 18.6 Å². The maximum Gasteiger partial charge on any atom is 0.244 e. The normalized spacial score (nSPS) is 16.7. The van der Waals surface area contributed by atoms with E-state index < -0.39 is 16.1 Å². The van der Waals surface area contributed by atoms with Crippen LogP contribution in [-0.4, -0.2) is 55.3 Å². The molecular formula is C22H32N4O3S3. The molecule has 0 saturated carbocycles. The minimum Gasteiger partial charge on any atom is -0.301 e. The highest BCUT2D eigenvalue weighted by Crippen LogP contribution is 2.21. The van der Waals surface area contributed by atoms with Crippen LogP contribution in [0.1, 0.15) is 37.4 Å². The first-order chi connectivity index (χ1) is 15.3. The van der Waals surface area contributed by atoms with Gasteiger partial charge in [0.25, 0.3) is 0 Å². The number of benzene rings is 1. The lowest BCUT2D eigenvalue weighted by Crippen LogP contribution is -2.44. The number of hydrogen-bond acceptors (Lipinski definition) is 7. The molecule has 1 aliphatic rings. The number of thioether (sulfide) groups is 1. The van der Waals surface area contributed by atoms with Gasteiger partial charge < -0.3 is 5.32 Å². The lowest BCUT2D eigenvalue weighted by atomic mass is 9.99. The average Bonchev–Trinajstić information content (AvgIpc) is 3.19. The fourth-order valence-corrected chi connectivity index (χ4v) is 5.94. The summed E-state index contributed by atoms with van der Waals surface area (Å²) in [5.74, 6) is 1.05. The molecule has 1 saturated heterocycles. The van der Waals surface area contributed by atoms with E-state index >= 15 is 0 Å². The Balaban J connectivity index is 1.63. The van der Waals surface area contributed by atoms with Gasteiger partial charge in [-0.25, -0.2) is 13.4 Å². The first-order valence-corrected chi connectivity index (χ1v) is 14.6. The van der Waals surface area contributed by atoms with Crippen molar-refractivity contribution in [2.75, 3.05) is 30.4 Å². The Bertz CT molecular complexity index is 984. The quantitative estimate of drug-likeness (QED) is 0.521. The van der Waals surface area contributed by atoms with E-state index in [0.717, 1.165) is 36.8 Å². The summed E-state index contributed by atoms with van der Waals surface area (Å²) in [6, 6.07) is 5.72. The van der Waals surface area contributed by atoms with E-state index in [2.05, 4.69) is 26.8 Å². The molecule has 32 heavy (non-hydrogen) atoms. The number of nitrogens with one attached hydrogen (secondary N) is 2. The Morgan fingerprint density at radius 3 is 2.62 bits per heavy atom. The lowest BCUT2D eigenvalue weighted by molar-refractivity contribution is -0.117. The summed E-state index contributed by atoms with van der Waals surface area (Å²) in [6.07, 6.45) is 4.72. The van der Waals surface area contributed by atoms with Gasteiger partial charge in [-0.2, -0.15) is 16.5 Å². The van der Waals surface area contributed by atoms with Crippen LogP contribution in [0.4, 0.5) is 5.13 Å². The predicted molar refractivity (Wildman–Crippen MR) is 133 cm³/mol. The highest BCUT2D eigenvalue weighted by molar-refractivity contribution is 7.98. The van der Waals surface area contributed by atoms with Crippen molar-refractivity contribution in [3.05, 3.63) is 40.9 Å².